The molecular weight excluding hydrogens is 480 g/mol. The summed E-state index contributed by atoms with van der Waals surface area (Å²) < 4.78 is 11.5. The second kappa shape index (κ2) is 8.58. The maximum atomic E-state index is 12.7. The first-order valence-electron chi connectivity index (χ1n) is 11.2. The number of benzene rings is 2. The fourth-order valence-electron chi connectivity index (χ4n) is 4.48. The molecule has 0 radical (unpaired) electrons. The summed E-state index contributed by atoms with van der Waals surface area (Å²) in [5.41, 5.74) is 10.5. The first kappa shape index (κ1) is 21.9. The number of nitrogens with zero attached hydrogens (tertiary/aromatic N) is 1. The minimum absolute atomic E-state index is 0.106. The highest BCUT2D eigenvalue weighted by Crippen LogP contribution is 2.43. The van der Waals surface area contributed by atoms with Gasteiger partial charge in [-0.1, -0.05) is 41.9 Å². The van der Waals surface area contributed by atoms with Gasteiger partial charge in [0.05, 0.1) is 28.3 Å². The lowest BCUT2D eigenvalue weighted by Crippen LogP contribution is -2.29. The van der Waals surface area contributed by atoms with E-state index in [9.17, 15) is 9.59 Å². The number of aromatic nitrogens is 1. The van der Waals surface area contributed by atoms with Crippen LogP contribution in [0.2, 0.25) is 5.02 Å². The Kier molecular flexibility index (Phi) is 5.23. The predicted molar refractivity (Wildman–Crippen MR) is 135 cm³/mol. The van der Waals surface area contributed by atoms with Crippen molar-refractivity contribution in [3.05, 3.63) is 112 Å². The number of furan rings is 1. The number of amides is 1. The third-order valence-electron chi connectivity index (χ3n) is 6.21. The molecule has 6 rings (SSSR count). The normalized spacial score (nSPS) is 17.1. The molecule has 0 fully saturated rings. The first-order chi connectivity index (χ1) is 17.5. The van der Waals surface area contributed by atoms with E-state index in [0.717, 1.165) is 5.56 Å². The van der Waals surface area contributed by atoms with Crippen molar-refractivity contribution in [3.63, 3.8) is 0 Å². The van der Waals surface area contributed by atoms with Crippen LogP contribution in [0, 0.1) is 0 Å². The lowest BCUT2D eigenvalue weighted by atomic mass is 9.87. The van der Waals surface area contributed by atoms with Gasteiger partial charge in [0, 0.05) is 22.5 Å². The van der Waals surface area contributed by atoms with Crippen LogP contribution in [0.1, 0.15) is 27.6 Å². The molecular formula is C27H19ClN4O4. The molecule has 9 heteroatoms. The number of halogens is 1. The number of allylic oxidation sites excluding steroid dienone is 1. The highest BCUT2D eigenvalue weighted by Gasteiger charge is 2.41. The second-order valence-electron chi connectivity index (χ2n) is 8.40. The number of cyclic esters (lactones) is 1. The number of fused-ring (bicyclic) bond motifs is 1. The molecule has 0 spiro atoms. The van der Waals surface area contributed by atoms with E-state index in [4.69, 9.17) is 26.5 Å². The van der Waals surface area contributed by atoms with E-state index in [1.807, 2.05) is 18.2 Å². The standard InChI is InChI=1S/C27H19ClN4O4/c28-16-8-6-14(7-9-16)24-23(29)22(21-18(31-24)13-35-27(21)34)20-12-17-19(36-20)10-11-30-25(17)32-26(33)15-4-2-1-3-5-15/h1-12,22,31H,13,29H2,(H,30,32,33). The molecule has 4 aromatic rings. The van der Waals surface area contributed by atoms with Crippen LogP contribution >= 0.6 is 11.6 Å². The molecule has 2 aromatic heterocycles. The van der Waals surface area contributed by atoms with Crippen LogP contribution in [0.15, 0.2) is 94.3 Å². The monoisotopic (exact) mass is 498 g/mol. The second-order valence-corrected chi connectivity index (χ2v) is 8.84. The maximum Gasteiger partial charge on any atom is 0.337 e. The molecule has 1 amide bonds. The van der Waals surface area contributed by atoms with Gasteiger partial charge in [0.2, 0.25) is 0 Å². The molecule has 2 aliphatic heterocycles. The molecule has 2 aliphatic rings. The van der Waals surface area contributed by atoms with Gasteiger partial charge in [-0.25, -0.2) is 9.78 Å². The van der Waals surface area contributed by atoms with E-state index in [1.165, 1.54) is 0 Å². The first-order valence-corrected chi connectivity index (χ1v) is 11.5. The number of anilines is 1. The van der Waals surface area contributed by atoms with Gasteiger partial charge in [0.1, 0.15) is 23.8 Å². The van der Waals surface area contributed by atoms with Gasteiger partial charge < -0.3 is 25.5 Å². The van der Waals surface area contributed by atoms with Gasteiger partial charge in [0.15, 0.2) is 0 Å². The fourth-order valence-corrected chi connectivity index (χ4v) is 4.61. The van der Waals surface area contributed by atoms with Crippen molar-refractivity contribution in [2.24, 2.45) is 5.73 Å². The van der Waals surface area contributed by atoms with Gasteiger partial charge in [-0.15, -0.1) is 0 Å². The number of ether oxygens (including phenoxy) is 1. The van der Waals surface area contributed by atoms with E-state index < -0.39 is 11.9 Å². The summed E-state index contributed by atoms with van der Waals surface area (Å²) in [7, 11) is 0. The molecule has 4 heterocycles. The van der Waals surface area contributed by atoms with Crippen LogP contribution in [0.3, 0.4) is 0 Å². The molecule has 0 aliphatic carbocycles. The molecule has 0 saturated carbocycles. The lowest BCUT2D eigenvalue weighted by Gasteiger charge is -2.26. The van der Waals surface area contributed by atoms with E-state index in [2.05, 4.69) is 15.6 Å². The Bertz CT molecular complexity index is 1590. The van der Waals surface area contributed by atoms with Gasteiger partial charge in [0.25, 0.3) is 5.91 Å². The summed E-state index contributed by atoms with van der Waals surface area (Å²) >= 11 is 6.06. The van der Waals surface area contributed by atoms with Gasteiger partial charge >= 0.3 is 5.97 Å². The van der Waals surface area contributed by atoms with Crippen molar-refractivity contribution in [2.75, 3.05) is 11.9 Å². The number of dihydropyridines is 1. The summed E-state index contributed by atoms with van der Waals surface area (Å²) in [6, 6.07) is 19.5. The number of carbonyl (C=O) groups excluding carboxylic acids is 2. The van der Waals surface area contributed by atoms with E-state index >= 15 is 0 Å². The van der Waals surface area contributed by atoms with E-state index in [0.29, 0.717) is 55.8 Å². The average Bonchev–Trinajstić information content (AvgIpc) is 3.49. The lowest BCUT2D eigenvalue weighted by molar-refractivity contribution is -0.136. The largest absolute Gasteiger partial charge is 0.460 e. The molecule has 2 aromatic carbocycles. The maximum absolute atomic E-state index is 12.7. The van der Waals surface area contributed by atoms with Gasteiger partial charge in [-0.2, -0.15) is 0 Å². The van der Waals surface area contributed by atoms with Crippen molar-refractivity contribution in [2.45, 2.75) is 5.92 Å². The molecule has 178 valence electrons. The molecule has 1 atom stereocenters. The molecule has 1 unspecified atom stereocenters. The Morgan fingerprint density at radius 1 is 1.11 bits per heavy atom. The number of hydrogen-bond donors (Lipinski definition) is 3. The van der Waals surface area contributed by atoms with Crippen LogP contribution < -0.4 is 16.4 Å². The van der Waals surface area contributed by atoms with Crippen LogP contribution in [0.25, 0.3) is 16.7 Å². The van der Waals surface area contributed by atoms with Crippen LogP contribution in [0.5, 0.6) is 0 Å². The highest BCUT2D eigenvalue weighted by molar-refractivity contribution is 6.30. The molecule has 0 bridgehead atoms. The van der Waals surface area contributed by atoms with E-state index in [-0.39, 0.29) is 12.5 Å². The van der Waals surface area contributed by atoms with Crippen LogP contribution in [-0.2, 0) is 9.53 Å². The topological polar surface area (TPSA) is 119 Å². The summed E-state index contributed by atoms with van der Waals surface area (Å²) in [6.45, 7) is 0.106. The fraction of sp³-hybridized carbons (Fsp3) is 0.0741. The molecule has 4 N–H and O–H groups in total. The number of carbonyl (C=O) groups is 2. The third kappa shape index (κ3) is 3.68. The summed E-state index contributed by atoms with van der Waals surface area (Å²) in [5.74, 6) is -0.670. The molecule has 0 saturated heterocycles. The van der Waals surface area contributed by atoms with Crippen LogP contribution in [0.4, 0.5) is 5.82 Å². The number of pyridine rings is 1. The third-order valence-corrected chi connectivity index (χ3v) is 6.46. The number of nitrogens with two attached hydrogens (primary N) is 1. The minimum atomic E-state index is -0.688. The Balaban J connectivity index is 1.44. The summed E-state index contributed by atoms with van der Waals surface area (Å²) in [5, 5.41) is 7.28. The molecule has 36 heavy (non-hydrogen) atoms. The van der Waals surface area contributed by atoms with Crippen LogP contribution in [-0.4, -0.2) is 23.5 Å². The highest BCUT2D eigenvalue weighted by atomic mass is 35.5. The van der Waals surface area contributed by atoms with Crippen molar-refractivity contribution >= 4 is 46.0 Å². The quantitative estimate of drug-likeness (QED) is 0.353. The van der Waals surface area contributed by atoms with E-state index in [1.54, 1.807) is 54.7 Å². The average molecular weight is 499 g/mol. The summed E-state index contributed by atoms with van der Waals surface area (Å²) in [6.07, 6.45) is 1.55. The van der Waals surface area contributed by atoms with Crippen molar-refractivity contribution in [1.82, 2.24) is 10.3 Å². The SMILES string of the molecule is NC1=C(c2ccc(Cl)cc2)NC2=C(C(=O)OC2)C1c1cc2c(NC(=O)c3ccccc3)nccc2o1. The predicted octanol–water partition coefficient (Wildman–Crippen LogP) is 4.56. The zero-order valence-electron chi connectivity index (χ0n) is 18.7. The van der Waals surface area contributed by atoms with Gasteiger partial charge in [-0.05, 0) is 42.0 Å². The summed E-state index contributed by atoms with van der Waals surface area (Å²) in [4.78, 5) is 29.8. The zero-order chi connectivity index (χ0) is 24.8. The number of nitrogens with one attached hydrogen (secondary N) is 2. The minimum Gasteiger partial charge on any atom is -0.460 e. The Morgan fingerprint density at radius 3 is 2.67 bits per heavy atom. The number of esters is 1. The Morgan fingerprint density at radius 2 is 1.89 bits per heavy atom. The van der Waals surface area contributed by atoms with Crippen molar-refractivity contribution in [1.29, 1.82) is 0 Å². The molecule has 8 nitrogen and oxygen atoms in total. The van der Waals surface area contributed by atoms with Crippen molar-refractivity contribution < 1.29 is 18.7 Å². The number of hydrogen-bond acceptors (Lipinski definition) is 7. The van der Waals surface area contributed by atoms with Gasteiger partial charge in [-0.3, -0.25) is 4.79 Å². The zero-order valence-corrected chi connectivity index (χ0v) is 19.5. The Hall–Kier alpha value is -4.56. The van der Waals surface area contributed by atoms with Crippen molar-refractivity contribution in [3.8, 4) is 0 Å². The smallest absolute Gasteiger partial charge is 0.337 e. The Labute approximate surface area is 210 Å². The number of rotatable bonds is 4.